The average Bonchev–Trinajstić information content (AvgIpc) is 2.69. The van der Waals surface area contributed by atoms with E-state index in [2.05, 4.69) is 37.3 Å². The van der Waals surface area contributed by atoms with Crippen LogP contribution < -0.4 is 10.6 Å². The van der Waals surface area contributed by atoms with Crippen molar-refractivity contribution in [3.63, 3.8) is 0 Å². The van der Waals surface area contributed by atoms with Crippen LogP contribution in [-0.2, 0) is 0 Å². The minimum Gasteiger partial charge on any atom is -0.368 e. The number of hydrogen-bond acceptors (Lipinski definition) is 7. The van der Waals surface area contributed by atoms with Gasteiger partial charge in [0.05, 0.1) is 18.4 Å². The SMILES string of the molecule is C=NCCNc1nc(Nc2ccc(C#N)nc2)ncc1-c1cccc(F)c1. The van der Waals surface area contributed by atoms with Crippen molar-refractivity contribution in [3.05, 3.63) is 60.3 Å². The Labute approximate surface area is 155 Å². The van der Waals surface area contributed by atoms with Crippen LogP contribution >= 0.6 is 0 Å². The minimum absolute atomic E-state index is 0.321. The number of pyridine rings is 1. The molecule has 2 heterocycles. The van der Waals surface area contributed by atoms with Gasteiger partial charge < -0.3 is 10.6 Å². The van der Waals surface area contributed by atoms with Gasteiger partial charge in [-0.05, 0) is 36.5 Å². The molecule has 0 saturated carbocycles. The number of halogens is 1. The summed E-state index contributed by atoms with van der Waals surface area (Å²) in [6.07, 6.45) is 3.14. The highest BCUT2D eigenvalue weighted by molar-refractivity contribution is 5.75. The lowest BCUT2D eigenvalue weighted by molar-refractivity contribution is 0.628. The van der Waals surface area contributed by atoms with Crippen LogP contribution in [-0.4, -0.2) is 34.8 Å². The molecule has 8 heteroatoms. The van der Waals surface area contributed by atoms with E-state index in [1.165, 1.54) is 18.3 Å². The third-order valence-corrected chi connectivity index (χ3v) is 3.62. The summed E-state index contributed by atoms with van der Waals surface area (Å²) in [5, 5.41) is 15.0. The lowest BCUT2D eigenvalue weighted by Crippen LogP contribution is -2.09. The fourth-order valence-corrected chi connectivity index (χ4v) is 2.36. The Bertz CT molecular complexity index is 980. The maximum absolute atomic E-state index is 13.6. The zero-order valence-corrected chi connectivity index (χ0v) is 14.4. The zero-order chi connectivity index (χ0) is 19.1. The van der Waals surface area contributed by atoms with Gasteiger partial charge in [0, 0.05) is 18.3 Å². The Morgan fingerprint density at radius 1 is 1.19 bits per heavy atom. The van der Waals surface area contributed by atoms with Gasteiger partial charge >= 0.3 is 0 Å². The summed E-state index contributed by atoms with van der Waals surface area (Å²) in [7, 11) is 0. The van der Waals surface area contributed by atoms with Crippen LogP contribution in [0.4, 0.5) is 21.8 Å². The molecule has 0 amide bonds. The molecular weight excluding hydrogens is 345 g/mol. The number of nitriles is 1. The van der Waals surface area contributed by atoms with Crippen LogP contribution in [0.25, 0.3) is 11.1 Å². The Kier molecular flexibility index (Phi) is 5.64. The van der Waals surface area contributed by atoms with Gasteiger partial charge in [-0.15, -0.1) is 0 Å². The molecule has 0 aliphatic rings. The Morgan fingerprint density at radius 2 is 2.07 bits per heavy atom. The highest BCUT2D eigenvalue weighted by atomic mass is 19.1. The predicted molar refractivity (Wildman–Crippen MR) is 103 cm³/mol. The molecule has 2 aromatic heterocycles. The summed E-state index contributed by atoms with van der Waals surface area (Å²) >= 11 is 0. The zero-order valence-electron chi connectivity index (χ0n) is 14.4. The van der Waals surface area contributed by atoms with E-state index in [1.54, 1.807) is 30.5 Å². The molecule has 7 nitrogen and oxygen atoms in total. The molecule has 0 unspecified atom stereocenters. The van der Waals surface area contributed by atoms with E-state index in [-0.39, 0.29) is 5.82 Å². The molecule has 2 N–H and O–H groups in total. The van der Waals surface area contributed by atoms with E-state index in [9.17, 15) is 4.39 Å². The normalized spacial score (nSPS) is 10.1. The van der Waals surface area contributed by atoms with Gasteiger partial charge in [-0.25, -0.2) is 14.4 Å². The lowest BCUT2D eigenvalue weighted by atomic mass is 10.1. The molecule has 0 aliphatic carbocycles. The molecule has 0 fully saturated rings. The third-order valence-electron chi connectivity index (χ3n) is 3.62. The molecule has 0 saturated heterocycles. The molecule has 27 heavy (non-hydrogen) atoms. The Balaban J connectivity index is 1.90. The second-order valence-electron chi connectivity index (χ2n) is 5.51. The highest BCUT2D eigenvalue weighted by Gasteiger charge is 2.10. The van der Waals surface area contributed by atoms with E-state index >= 15 is 0 Å². The van der Waals surface area contributed by atoms with Gasteiger partial charge in [-0.1, -0.05) is 12.1 Å². The van der Waals surface area contributed by atoms with Crippen LogP contribution in [0.15, 0.2) is 53.8 Å². The molecule has 0 bridgehead atoms. The second kappa shape index (κ2) is 8.49. The number of rotatable bonds is 7. The van der Waals surface area contributed by atoms with Crippen LogP contribution in [0.1, 0.15) is 5.69 Å². The number of benzene rings is 1. The predicted octanol–water partition coefficient (Wildman–Crippen LogP) is 3.41. The first kappa shape index (κ1) is 17.9. The van der Waals surface area contributed by atoms with Crippen molar-refractivity contribution in [1.82, 2.24) is 15.0 Å². The molecule has 0 atom stereocenters. The Morgan fingerprint density at radius 3 is 2.78 bits per heavy atom. The van der Waals surface area contributed by atoms with Crippen molar-refractivity contribution in [3.8, 4) is 17.2 Å². The van der Waals surface area contributed by atoms with E-state index in [1.807, 2.05) is 6.07 Å². The molecule has 134 valence electrons. The third kappa shape index (κ3) is 4.61. The summed E-state index contributed by atoms with van der Waals surface area (Å²) in [6.45, 7) is 4.49. The molecule has 1 aromatic carbocycles. The molecule has 0 radical (unpaired) electrons. The van der Waals surface area contributed by atoms with Gasteiger partial charge in [-0.3, -0.25) is 4.99 Å². The second-order valence-corrected chi connectivity index (χ2v) is 5.51. The smallest absolute Gasteiger partial charge is 0.229 e. The quantitative estimate of drug-likeness (QED) is 0.494. The van der Waals surface area contributed by atoms with Gasteiger partial charge in [0.15, 0.2) is 0 Å². The van der Waals surface area contributed by atoms with Crippen molar-refractivity contribution >= 4 is 24.2 Å². The maximum atomic E-state index is 13.6. The summed E-state index contributed by atoms with van der Waals surface area (Å²) in [5.41, 5.74) is 2.30. The summed E-state index contributed by atoms with van der Waals surface area (Å²) in [6, 6.07) is 11.5. The van der Waals surface area contributed by atoms with E-state index in [4.69, 9.17) is 5.26 Å². The maximum Gasteiger partial charge on any atom is 0.229 e. The topological polar surface area (TPSA) is 98.9 Å². The fraction of sp³-hybridized carbons (Fsp3) is 0.105. The van der Waals surface area contributed by atoms with E-state index in [0.717, 1.165) is 0 Å². The number of aromatic nitrogens is 3. The van der Waals surface area contributed by atoms with Crippen molar-refractivity contribution < 1.29 is 4.39 Å². The fourth-order valence-electron chi connectivity index (χ4n) is 2.36. The largest absolute Gasteiger partial charge is 0.368 e. The van der Waals surface area contributed by atoms with Crippen molar-refractivity contribution in [2.24, 2.45) is 4.99 Å². The van der Waals surface area contributed by atoms with Gasteiger partial charge in [0.1, 0.15) is 23.4 Å². The van der Waals surface area contributed by atoms with Crippen LogP contribution in [0.2, 0.25) is 0 Å². The van der Waals surface area contributed by atoms with Crippen LogP contribution in [0, 0.1) is 17.1 Å². The number of nitrogens with zero attached hydrogens (tertiary/aromatic N) is 5. The van der Waals surface area contributed by atoms with Gasteiger partial charge in [0.2, 0.25) is 5.95 Å². The van der Waals surface area contributed by atoms with Crippen molar-refractivity contribution in [2.45, 2.75) is 0 Å². The minimum atomic E-state index is -0.336. The number of hydrogen-bond donors (Lipinski definition) is 2. The van der Waals surface area contributed by atoms with Crippen LogP contribution in [0.3, 0.4) is 0 Å². The Hall–Kier alpha value is -3.86. The first-order chi connectivity index (χ1) is 13.2. The summed E-state index contributed by atoms with van der Waals surface area (Å²) in [4.78, 5) is 16.6. The molecule has 0 aliphatic heterocycles. The standard InChI is InChI=1S/C19H16FN7/c1-22-7-8-23-18-17(13-3-2-4-14(20)9-13)12-25-19(27-18)26-16-6-5-15(10-21)24-11-16/h2-6,9,11-12H,1,7-8H2,(H2,23,25,26,27). The number of aliphatic imine (C=N–C) groups is 1. The number of anilines is 3. The molecular formula is C19H16FN7. The van der Waals surface area contributed by atoms with E-state index in [0.29, 0.717) is 47.4 Å². The highest BCUT2D eigenvalue weighted by Crippen LogP contribution is 2.27. The van der Waals surface area contributed by atoms with Gasteiger partial charge in [0.25, 0.3) is 0 Å². The summed E-state index contributed by atoms with van der Waals surface area (Å²) < 4.78 is 13.6. The molecule has 3 rings (SSSR count). The lowest BCUT2D eigenvalue weighted by Gasteiger charge is -2.13. The van der Waals surface area contributed by atoms with Crippen molar-refractivity contribution in [2.75, 3.05) is 23.7 Å². The molecule has 0 spiro atoms. The first-order valence-corrected chi connectivity index (χ1v) is 8.12. The average molecular weight is 361 g/mol. The van der Waals surface area contributed by atoms with Crippen molar-refractivity contribution in [1.29, 1.82) is 5.26 Å². The first-order valence-electron chi connectivity index (χ1n) is 8.12. The van der Waals surface area contributed by atoms with Gasteiger partial charge in [-0.2, -0.15) is 10.2 Å². The molecule has 3 aromatic rings. The van der Waals surface area contributed by atoms with E-state index < -0.39 is 0 Å². The number of nitrogens with one attached hydrogen (secondary N) is 2. The van der Waals surface area contributed by atoms with Crippen LogP contribution in [0.5, 0.6) is 0 Å². The monoisotopic (exact) mass is 361 g/mol. The summed E-state index contributed by atoms with van der Waals surface area (Å²) in [5.74, 6) is 0.552.